The first-order chi connectivity index (χ1) is 12.1. The van der Waals surface area contributed by atoms with Crippen LogP contribution >= 0.6 is 11.6 Å². The highest BCUT2D eigenvalue weighted by Crippen LogP contribution is 2.29. The number of piperidine rings is 1. The zero-order valence-electron chi connectivity index (χ0n) is 13.8. The van der Waals surface area contributed by atoms with Crippen molar-refractivity contribution < 1.29 is 4.39 Å². The maximum atomic E-state index is 14.3. The SMILES string of the molecule is CNc1c(Cl)ncnc1NC1CCCN(c2ccc(C#N)cc2F)C1. The van der Waals surface area contributed by atoms with Gasteiger partial charge in [0.2, 0.25) is 0 Å². The van der Waals surface area contributed by atoms with Crippen LogP contribution in [0.5, 0.6) is 0 Å². The lowest BCUT2D eigenvalue weighted by Gasteiger charge is -2.35. The molecule has 1 atom stereocenters. The van der Waals surface area contributed by atoms with E-state index in [1.165, 1.54) is 12.4 Å². The van der Waals surface area contributed by atoms with Gasteiger partial charge in [-0.2, -0.15) is 5.26 Å². The summed E-state index contributed by atoms with van der Waals surface area (Å²) in [6, 6.07) is 6.63. The Kier molecular flexibility index (Phi) is 5.19. The predicted octanol–water partition coefficient (Wildman–Crippen LogP) is 3.26. The number of rotatable bonds is 4. The van der Waals surface area contributed by atoms with Crippen molar-refractivity contribution >= 4 is 28.8 Å². The first kappa shape index (κ1) is 17.2. The zero-order chi connectivity index (χ0) is 17.8. The van der Waals surface area contributed by atoms with Crippen molar-refractivity contribution in [2.24, 2.45) is 0 Å². The molecule has 0 amide bonds. The summed E-state index contributed by atoms with van der Waals surface area (Å²) in [7, 11) is 1.76. The van der Waals surface area contributed by atoms with Gasteiger partial charge in [-0.25, -0.2) is 14.4 Å². The molecule has 0 aliphatic carbocycles. The monoisotopic (exact) mass is 360 g/mol. The van der Waals surface area contributed by atoms with E-state index in [-0.39, 0.29) is 11.9 Å². The third-order valence-corrected chi connectivity index (χ3v) is 4.52. The van der Waals surface area contributed by atoms with E-state index >= 15 is 0 Å². The Labute approximate surface area is 150 Å². The average Bonchev–Trinajstić information content (AvgIpc) is 2.62. The second kappa shape index (κ2) is 7.53. The molecule has 1 saturated heterocycles. The number of nitriles is 1. The van der Waals surface area contributed by atoms with Gasteiger partial charge in [-0.3, -0.25) is 0 Å². The van der Waals surface area contributed by atoms with Crippen LogP contribution in [0.3, 0.4) is 0 Å². The van der Waals surface area contributed by atoms with Crippen LogP contribution in [0.15, 0.2) is 24.5 Å². The second-order valence-electron chi connectivity index (χ2n) is 5.85. The van der Waals surface area contributed by atoms with E-state index < -0.39 is 0 Å². The molecule has 3 rings (SSSR count). The van der Waals surface area contributed by atoms with Crippen molar-refractivity contribution in [3.8, 4) is 6.07 Å². The highest BCUT2D eigenvalue weighted by atomic mass is 35.5. The number of hydrogen-bond donors (Lipinski definition) is 2. The summed E-state index contributed by atoms with van der Waals surface area (Å²) in [4.78, 5) is 10.2. The highest BCUT2D eigenvalue weighted by Gasteiger charge is 2.23. The molecule has 25 heavy (non-hydrogen) atoms. The van der Waals surface area contributed by atoms with Crippen LogP contribution in [0.1, 0.15) is 18.4 Å². The molecule has 0 saturated carbocycles. The minimum atomic E-state index is -0.374. The number of halogens is 2. The quantitative estimate of drug-likeness (QED) is 0.815. The van der Waals surface area contributed by atoms with Gasteiger partial charge in [-0.1, -0.05) is 11.6 Å². The third-order valence-electron chi connectivity index (χ3n) is 4.23. The highest BCUT2D eigenvalue weighted by molar-refractivity contribution is 6.32. The number of hydrogen-bond acceptors (Lipinski definition) is 6. The van der Waals surface area contributed by atoms with Gasteiger partial charge in [0.05, 0.1) is 17.3 Å². The van der Waals surface area contributed by atoms with Crippen LogP contribution in [0.4, 0.5) is 21.6 Å². The minimum Gasteiger partial charge on any atom is -0.383 e. The molecule has 2 N–H and O–H groups in total. The Balaban J connectivity index is 1.76. The maximum absolute atomic E-state index is 14.3. The molecule has 1 aromatic carbocycles. The van der Waals surface area contributed by atoms with E-state index in [1.807, 2.05) is 11.0 Å². The molecule has 1 aliphatic rings. The first-order valence-electron chi connectivity index (χ1n) is 8.01. The van der Waals surface area contributed by atoms with Crippen LogP contribution in [0.2, 0.25) is 5.15 Å². The fourth-order valence-corrected chi connectivity index (χ4v) is 3.26. The molecule has 1 aliphatic heterocycles. The fourth-order valence-electron chi connectivity index (χ4n) is 3.04. The minimum absolute atomic E-state index is 0.0989. The predicted molar refractivity (Wildman–Crippen MR) is 96.6 cm³/mol. The molecule has 130 valence electrons. The molecule has 1 aromatic heterocycles. The standard InChI is InChI=1S/C17H18ClFN6/c1-21-15-16(18)22-10-23-17(15)24-12-3-2-6-25(9-12)14-5-4-11(8-20)7-13(14)19/h4-5,7,10,12,21H,2-3,6,9H2,1H3,(H,22,23,24). The van der Waals surface area contributed by atoms with E-state index in [4.69, 9.17) is 16.9 Å². The summed E-state index contributed by atoms with van der Waals surface area (Å²) in [5.74, 6) is 0.260. The molecule has 0 bridgehead atoms. The number of nitrogens with one attached hydrogen (secondary N) is 2. The molecular weight excluding hydrogens is 343 g/mol. The smallest absolute Gasteiger partial charge is 0.157 e. The van der Waals surface area contributed by atoms with Crippen molar-refractivity contribution in [2.75, 3.05) is 35.7 Å². The van der Waals surface area contributed by atoms with Crippen LogP contribution in [0, 0.1) is 17.1 Å². The van der Waals surface area contributed by atoms with Crippen LogP contribution in [-0.2, 0) is 0 Å². The molecule has 8 heteroatoms. The molecule has 2 heterocycles. The van der Waals surface area contributed by atoms with Gasteiger partial charge >= 0.3 is 0 Å². The zero-order valence-corrected chi connectivity index (χ0v) is 14.5. The maximum Gasteiger partial charge on any atom is 0.157 e. The van der Waals surface area contributed by atoms with Gasteiger partial charge in [0.15, 0.2) is 11.0 Å². The lowest BCUT2D eigenvalue weighted by atomic mass is 10.0. The van der Waals surface area contributed by atoms with E-state index in [0.717, 1.165) is 19.4 Å². The number of benzene rings is 1. The Bertz CT molecular complexity index is 806. The summed E-state index contributed by atoms with van der Waals surface area (Å²) in [5, 5.41) is 15.6. The van der Waals surface area contributed by atoms with Gasteiger partial charge in [-0.15, -0.1) is 0 Å². The number of aromatic nitrogens is 2. The van der Waals surface area contributed by atoms with Gasteiger partial charge in [-0.05, 0) is 31.0 Å². The molecule has 6 nitrogen and oxygen atoms in total. The van der Waals surface area contributed by atoms with Crippen molar-refractivity contribution in [3.63, 3.8) is 0 Å². The van der Waals surface area contributed by atoms with Crippen LogP contribution in [0.25, 0.3) is 0 Å². The largest absolute Gasteiger partial charge is 0.383 e. The molecule has 1 unspecified atom stereocenters. The molecular formula is C17H18ClFN6. The Morgan fingerprint density at radius 2 is 2.24 bits per heavy atom. The second-order valence-corrected chi connectivity index (χ2v) is 6.20. The van der Waals surface area contributed by atoms with Crippen molar-refractivity contribution in [1.82, 2.24) is 9.97 Å². The third kappa shape index (κ3) is 3.74. The molecule has 1 fully saturated rings. The van der Waals surface area contributed by atoms with Gasteiger partial charge in [0, 0.05) is 26.2 Å². The first-order valence-corrected chi connectivity index (χ1v) is 8.39. The lowest BCUT2D eigenvalue weighted by Crippen LogP contribution is -2.42. The van der Waals surface area contributed by atoms with Crippen LogP contribution < -0.4 is 15.5 Å². The van der Waals surface area contributed by atoms with Gasteiger partial charge in [0.1, 0.15) is 17.8 Å². The van der Waals surface area contributed by atoms with Gasteiger partial charge < -0.3 is 15.5 Å². The normalized spacial score (nSPS) is 17.0. The van der Waals surface area contributed by atoms with E-state index in [0.29, 0.717) is 34.5 Å². The molecule has 2 aromatic rings. The van der Waals surface area contributed by atoms with Crippen molar-refractivity contribution in [3.05, 3.63) is 41.1 Å². The fraction of sp³-hybridized carbons (Fsp3) is 0.353. The van der Waals surface area contributed by atoms with Gasteiger partial charge in [0.25, 0.3) is 0 Å². The number of nitrogens with zero attached hydrogens (tertiary/aromatic N) is 4. The Morgan fingerprint density at radius 1 is 1.40 bits per heavy atom. The summed E-state index contributed by atoms with van der Waals surface area (Å²) >= 11 is 6.08. The van der Waals surface area contributed by atoms with Crippen molar-refractivity contribution in [2.45, 2.75) is 18.9 Å². The Hall–Kier alpha value is -2.59. The van der Waals surface area contributed by atoms with Crippen molar-refractivity contribution in [1.29, 1.82) is 5.26 Å². The topological polar surface area (TPSA) is 76.9 Å². The van der Waals surface area contributed by atoms with Crippen LogP contribution in [-0.4, -0.2) is 36.1 Å². The summed E-state index contributed by atoms with van der Waals surface area (Å²) in [6.45, 7) is 1.40. The summed E-state index contributed by atoms with van der Waals surface area (Å²) in [5.41, 5.74) is 1.48. The molecule has 0 radical (unpaired) electrons. The summed E-state index contributed by atoms with van der Waals surface area (Å²) < 4.78 is 14.3. The van der Waals surface area contributed by atoms with E-state index in [1.54, 1.807) is 19.2 Å². The Morgan fingerprint density at radius 3 is 2.96 bits per heavy atom. The molecule has 0 spiro atoms. The summed E-state index contributed by atoms with van der Waals surface area (Å²) in [6.07, 6.45) is 3.27. The average molecular weight is 361 g/mol. The van der Waals surface area contributed by atoms with E-state index in [2.05, 4.69) is 20.6 Å². The lowest BCUT2D eigenvalue weighted by molar-refractivity contribution is 0.518. The van der Waals surface area contributed by atoms with E-state index in [9.17, 15) is 4.39 Å². The number of anilines is 3.